The predicted octanol–water partition coefficient (Wildman–Crippen LogP) is 5.41. The number of carbonyl (C=O) groups excluding carboxylic acids is 1. The molecule has 2 aromatic carbocycles. The molecule has 0 atom stereocenters. The van der Waals surface area contributed by atoms with Gasteiger partial charge in [0.05, 0.1) is 12.1 Å². The summed E-state index contributed by atoms with van der Waals surface area (Å²) in [6.07, 6.45) is 0.194. The maximum atomic E-state index is 13.6. The number of thiazole rings is 1. The van der Waals surface area contributed by atoms with Crippen LogP contribution < -0.4 is 5.32 Å². The Kier molecular flexibility index (Phi) is 6.07. The molecule has 1 N–H and O–H groups in total. The standard InChI is InChI=1S/C18H14ClFN2OS2/c19-13-5-7-14(8-6-13)21-17(23)9-15-11-25-18(22-15)24-10-12-3-1-2-4-16(12)20/h1-8,11H,9-10H2,(H,21,23). The molecule has 3 nitrogen and oxygen atoms in total. The Bertz CT molecular complexity index is 868. The van der Waals surface area contributed by atoms with Crippen molar-refractivity contribution >= 4 is 46.3 Å². The van der Waals surface area contributed by atoms with Crippen LogP contribution in [-0.4, -0.2) is 10.9 Å². The zero-order valence-electron chi connectivity index (χ0n) is 13.0. The molecular formula is C18H14ClFN2OS2. The molecule has 0 bridgehead atoms. The van der Waals surface area contributed by atoms with Crippen LogP contribution in [0.3, 0.4) is 0 Å². The van der Waals surface area contributed by atoms with Crippen molar-refractivity contribution in [1.82, 2.24) is 4.98 Å². The fraction of sp³-hybridized carbons (Fsp3) is 0.111. The highest BCUT2D eigenvalue weighted by molar-refractivity contribution is 8.00. The van der Waals surface area contributed by atoms with Gasteiger partial charge < -0.3 is 5.32 Å². The lowest BCUT2D eigenvalue weighted by Crippen LogP contribution is -2.14. The van der Waals surface area contributed by atoms with Crippen molar-refractivity contribution in [3.05, 3.63) is 76.0 Å². The van der Waals surface area contributed by atoms with Gasteiger partial charge in [-0.15, -0.1) is 11.3 Å². The third-order valence-electron chi connectivity index (χ3n) is 3.31. The van der Waals surface area contributed by atoms with Gasteiger partial charge in [0.15, 0.2) is 0 Å². The molecule has 25 heavy (non-hydrogen) atoms. The molecular weight excluding hydrogens is 379 g/mol. The van der Waals surface area contributed by atoms with Gasteiger partial charge in [0.1, 0.15) is 10.2 Å². The molecule has 1 aromatic heterocycles. The number of amides is 1. The molecule has 7 heteroatoms. The number of hydrogen-bond donors (Lipinski definition) is 1. The summed E-state index contributed by atoms with van der Waals surface area (Å²) in [4.78, 5) is 16.5. The van der Waals surface area contributed by atoms with Crippen LogP contribution in [0.15, 0.2) is 58.3 Å². The van der Waals surface area contributed by atoms with Crippen molar-refractivity contribution in [2.24, 2.45) is 0 Å². The van der Waals surface area contributed by atoms with Gasteiger partial charge in [-0.25, -0.2) is 9.37 Å². The molecule has 0 saturated heterocycles. The van der Waals surface area contributed by atoms with Crippen LogP contribution in [0.1, 0.15) is 11.3 Å². The molecule has 0 fully saturated rings. The van der Waals surface area contributed by atoms with E-state index in [1.807, 2.05) is 11.4 Å². The molecule has 128 valence electrons. The summed E-state index contributed by atoms with van der Waals surface area (Å²) in [6, 6.07) is 13.6. The largest absolute Gasteiger partial charge is 0.326 e. The first-order chi connectivity index (χ1) is 12.1. The Hall–Kier alpha value is -1.89. The Morgan fingerprint density at radius 3 is 2.72 bits per heavy atom. The smallest absolute Gasteiger partial charge is 0.230 e. The molecule has 1 amide bonds. The molecule has 0 aliphatic heterocycles. The van der Waals surface area contributed by atoms with Crippen LogP contribution in [0.4, 0.5) is 10.1 Å². The van der Waals surface area contributed by atoms with E-state index in [0.717, 1.165) is 4.34 Å². The summed E-state index contributed by atoms with van der Waals surface area (Å²) < 4.78 is 14.4. The zero-order chi connectivity index (χ0) is 17.6. The Morgan fingerprint density at radius 2 is 1.96 bits per heavy atom. The Morgan fingerprint density at radius 1 is 1.20 bits per heavy atom. The highest BCUT2D eigenvalue weighted by Gasteiger charge is 2.10. The van der Waals surface area contributed by atoms with Gasteiger partial charge in [-0.05, 0) is 35.9 Å². The van der Waals surface area contributed by atoms with E-state index in [1.165, 1.54) is 29.2 Å². The number of nitrogens with zero attached hydrogens (tertiary/aromatic N) is 1. The summed E-state index contributed by atoms with van der Waals surface area (Å²) in [6.45, 7) is 0. The van der Waals surface area contributed by atoms with E-state index < -0.39 is 0 Å². The van der Waals surface area contributed by atoms with Crippen molar-refractivity contribution < 1.29 is 9.18 Å². The lowest BCUT2D eigenvalue weighted by atomic mass is 10.2. The maximum absolute atomic E-state index is 13.6. The summed E-state index contributed by atoms with van der Waals surface area (Å²) in [5, 5.41) is 5.27. The van der Waals surface area contributed by atoms with Gasteiger partial charge in [0.2, 0.25) is 5.91 Å². The Balaban J connectivity index is 1.53. The van der Waals surface area contributed by atoms with Crippen LogP contribution in [0.2, 0.25) is 5.02 Å². The van der Waals surface area contributed by atoms with Crippen LogP contribution in [-0.2, 0) is 17.0 Å². The monoisotopic (exact) mass is 392 g/mol. The second-order valence-corrected chi connectivity index (χ2v) is 7.73. The first kappa shape index (κ1) is 17.9. The minimum atomic E-state index is -0.214. The molecule has 3 aromatic rings. The third-order valence-corrected chi connectivity index (χ3v) is 5.68. The molecule has 0 spiro atoms. The van der Waals surface area contributed by atoms with Crippen molar-refractivity contribution in [2.45, 2.75) is 16.5 Å². The van der Waals surface area contributed by atoms with Crippen molar-refractivity contribution in [1.29, 1.82) is 0 Å². The Labute approximate surface area is 158 Å². The van der Waals surface area contributed by atoms with E-state index >= 15 is 0 Å². The number of thioether (sulfide) groups is 1. The summed E-state index contributed by atoms with van der Waals surface area (Å²) in [7, 11) is 0. The summed E-state index contributed by atoms with van der Waals surface area (Å²) in [5.41, 5.74) is 2.04. The van der Waals surface area contributed by atoms with Crippen molar-refractivity contribution in [3.63, 3.8) is 0 Å². The second kappa shape index (κ2) is 8.47. The van der Waals surface area contributed by atoms with E-state index in [2.05, 4.69) is 10.3 Å². The van der Waals surface area contributed by atoms with Crippen LogP contribution in [0.25, 0.3) is 0 Å². The fourth-order valence-corrected chi connectivity index (χ4v) is 4.05. The van der Waals surface area contributed by atoms with Gasteiger partial charge >= 0.3 is 0 Å². The number of halogens is 2. The minimum Gasteiger partial charge on any atom is -0.326 e. The van der Waals surface area contributed by atoms with Crippen LogP contribution in [0.5, 0.6) is 0 Å². The number of rotatable bonds is 6. The predicted molar refractivity (Wildman–Crippen MR) is 102 cm³/mol. The van der Waals surface area contributed by atoms with E-state index in [4.69, 9.17) is 11.6 Å². The van der Waals surface area contributed by atoms with Crippen molar-refractivity contribution in [3.8, 4) is 0 Å². The number of anilines is 1. The van der Waals surface area contributed by atoms with Gasteiger partial charge in [0, 0.05) is 21.8 Å². The topological polar surface area (TPSA) is 42.0 Å². The average molecular weight is 393 g/mol. The van der Waals surface area contributed by atoms with E-state index in [1.54, 1.807) is 36.4 Å². The van der Waals surface area contributed by atoms with Crippen LogP contribution >= 0.6 is 34.7 Å². The zero-order valence-corrected chi connectivity index (χ0v) is 15.4. The lowest BCUT2D eigenvalue weighted by molar-refractivity contribution is -0.115. The van der Waals surface area contributed by atoms with Gasteiger partial charge in [-0.3, -0.25) is 4.79 Å². The molecule has 0 aliphatic carbocycles. The number of aromatic nitrogens is 1. The second-order valence-electron chi connectivity index (χ2n) is 5.22. The third kappa shape index (κ3) is 5.29. The van der Waals surface area contributed by atoms with E-state index in [-0.39, 0.29) is 18.1 Å². The molecule has 0 aliphatic rings. The first-order valence-corrected chi connectivity index (χ1v) is 9.70. The minimum absolute atomic E-state index is 0.140. The highest BCUT2D eigenvalue weighted by atomic mass is 35.5. The number of nitrogens with one attached hydrogen (secondary N) is 1. The quantitative estimate of drug-likeness (QED) is 0.570. The van der Waals surface area contributed by atoms with E-state index in [0.29, 0.717) is 27.7 Å². The normalized spacial score (nSPS) is 10.6. The molecule has 1 heterocycles. The van der Waals surface area contributed by atoms with Gasteiger partial charge in [-0.2, -0.15) is 0 Å². The molecule has 0 saturated carbocycles. The van der Waals surface area contributed by atoms with Gasteiger partial charge in [-0.1, -0.05) is 41.6 Å². The molecule has 0 unspecified atom stereocenters. The molecule has 3 rings (SSSR count). The van der Waals surface area contributed by atoms with Gasteiger partial charge in [0.25, 0.3) is 0 Å². The number of hydrogen-bond acceptors (Lipinski definition) is 4. The van der Waals surface area contributed by atoms with E-state index in [9.17, 15) is 9.18 Å². The lowest BCUT2D eigenvalue weighted by Gasteiger charge is -2.03. The van der Waals surface area contributed by atoms with Crippen LogP contribution in [0, 0.1) is 5.82 Å². The number of benzene rings is 2. The SMILES string of the molecule is O=C(Cc1csc(SCc2ccccc2F)n1)Nc1ccc(Cl)cc1. The molecule has 0 radical (unpaired) electrons. The highest BCUT2D eigenvalue weighted by Crippen LogP contribution is 2.27. The average Bonchev–Trinajstić information content (AvgIpc) is 3.03. The number of carbonyl (C=O) groups is 1. The maximum Gasteiger partial charge on any atom is 0.230 e. The summed E-state index contributed by atoms with van der Waals surface area (Å²) in [5.74, 6) is 0.156. The van der Waals surface area contributed by atoms with Crippen molar-refractivity contribution in [2.75, 3.05) is 5.32 Å². The summed E-state index contributed by atoms with van der Waals surface area (Å²) >= 11 is 8.74. The fourth-order valence-electron chi connectivity index (χ4n) is 2.09. The first-order valence-electron chi connectivity index (χ1n) is 7.46.